The van der Waals surface area contributed by atoms with Gasteiger partial charge in [-0.25, -0.2) is 0 Å². The van der Waals surface area contributed by atoms with Gasteiger partial charge >= 0.3 is 5.97 Å². The predicted molar refractivity (Wildman–Crippen MR) is 61.9 cm³/mol. The third-order valence-corrected chi connectivity index (χ3v) is 2.46. The Morgan fingerprint density at radius 3 is 2.20 bits per heavy atom. The molecule has 1 heterocycles. The summed E-state index contributed by atoms with van der Waals surface area (Å²) in [6.45, 7) is 9.16. The standard InChI is InChI=1S/C9H18N2O2.C2H6/c1-10-5-7-11(8-6-10)4-3-9(12)13-2;1-2/h3-8H2,1-2H3;1-2H3. The van der Waals surface area contributed by atoms with Crippen molar-refractivity contribution < 1.29 is 9.53 Å². The first-order chi connectivity index (χ1) is 7.22. The van der Waals surface area contributed by atoms with Crippen LogP contribution in [0.2, 0.25) is 0 Å². The summed E-state index contributed by atoms with van der Waals surface area (Å²) >= 11 is 0. The van der Waals surface area contributed by atoms with Gasteiger partial charge in [-0.2, -0.15) is 0 Å². The molecule has 1 fully saturated rings. The molecule has 0 N–H and O–H groups in total. The van der Waals surface area contributed by atoms with E-state index >= 15 is 0 Å². The van der Waals surface area contributed by atoms with Crippen molar-refractivity contribution in [2.45, 2.75) is 20.3 Å². The molecule has 0 aromatic carbocycles. The number of methoxy groups -OCH3 is 1. The SMILES string of the molecule is CC.COC(=O)CCN1CCN(C)CC1. The topological polar surface area (TPSA) is 32.8 Å². The van der Waals surface area contributed by atoms with Gasteiger partial charge in [-0.1, -0.05) is 13.8 Å². The van der Waals surface area contributed by atoms with Crippen molar-refractivity contribution in [3.8, 4) is 0 Å². The summed E-state index contributed by atoms with van der Waals surface area (Å²) in [5, 5.41) is 0. The minimum atomic E-state index is -0.112. The molecule has 0 spiro atoms. The van der Waals surface area contributed by atoms with Crippen LogP contribution in [0.3, 0.4) is 0 Å². The van der Waals surface area contributed by atoms with Crippen LogP contribution in [-0.2, 0) is 9.53 Å². The molecule has 0 atom stereocenters. The summed E-state index contributed by atoms with van der Waals surface area (Å²) in [7, 11) is 3.56. The highest BCUT2D eigenvalue weighted by Gasteiger charge is 2.14. The second-order valence-corrected chi connectivity index (χ2v) is 3.47. The molecular weight excluding hydrogens is 192 g/mol. The fraction of sp³-hybridized carbons (Fsp3) is 0.909. The van der Waals surface area contributed by atoms with E-state index in [0.717, 1.165) is 32.7 Å². The van der Waals surface area contributed by atoms with E-state index in [4.69, 9.17) is 0 Å². The van der Waals surface area contributed by atoms with Crippen LogP contribution in [0, 0.1) is 0 Å². The molecule has 1 aliphatic rings. The van der Waals surface area contributed by atoms with Crippen molar-refractivity contribution in [1.82, 2.24) is 9.80 Å². The Hall–Kier alpha value is -0.610. The first-order valence-electron chi connectivity index (χ1n) is 5.70. The molecule has 0 radical (unpaired) electrons. The number of carbonyl (C=O) groups excluding carboxylic acids is 1. The molecule has 1 rings (SSSR count). The summed E-state index contributed by atoms with van der Waals surface area (Å²) in [5.74, 6) is -0.112. The number of esters is 1. The van der Waals surface area contributed by atoms with Gasteiger partial charge in [0.25, 0.3) is 0 Å². The zero-order chi connectivity index (χ0) is 11.7. The Morgan fingerprint density at radius 2 is 1.73 bits per heavy atom. The van der Waals surface area contributed by atoms with Crippen LogP contribution in [0.4, 0.5) is 0 Å². The maximum absolute atomic E-state index is 10.9. The fourth-order valence-electron chi connectivity index (χ4n) is 1.42. The van der Waals surface area contributed by atoms with Crippen LogP contribution in [0.25, 0.3) is 0 Å². The Balaban J connectivity index is 0.000000921. The van der Waals surface area contributed by atoms with Crippen molar-refractivity contribution in [2.24, 2.45) is 0 Å². The van der Waals surface area contributed by atoms with Crippen molar-refractivity contribution >= 4 is 5.97 Å². The van der Waals surface area contributed by atoms with Gasteiger partial charge in [0.05, 0.1) is 13.5 Å². The molecule has 1 saturated heterocycles. The number of hydrogen-bond acceptors (Lipinski definition) is 4. The summed E-state index contributed by atoms with van der Waals surface area (Å²) in [6, 6.07) is 0. The summed E-state index contributed by atoms with van der Waals surface area (Å²) in [6.07, 6.45) is 0.514. The van der Waals surface area contributed by atoms with Crippen molar-refractivity contribution in [2.75, 3.05) is 46.9 Å². The summed E-state index contributed by atoms with van der Waals surface area (Å²) in [4.78, 5) is 15.5. The Kier molecular flexibility index (Phi) is 8.33. The van der Waals surface area contributed by atoms with Gasteiger partial charge in [-0.05, 0) is 7.05 Å². The van der Waals surface area contributed by atoms with E-state index in [1.54, 1.807) is 0 Å². The monoisotopic (exact) mass is 216 g/mol. The Labute approximate surface area is 93.2 Å². The highest BCUT2D eigenvalue weighted by atomic mass is 16.5. The van der Waals surface area contributed by atoms with Crippen LogP contribution in [0.1, 0.15) is 20.3 Å². The zero-order valence-corrected chi connectivity index (χ0v) is 10.5. The van der Waals surface area contributed by atoms with Gasteiger partial charge in [0.15, 0.2) is 0 Å². The third kappa shape index (κ3) is 6.47. The number of carbonyl (C=O) groups is 1. The number of piperazine rings is 1. The van der Waals surface area contributed by atoms with Crippen LogP contribution >= 0.6 is 0 Å². The molecule has 0 amide bonds. The van der Waals surface area contributed by atoms with Crippen molar-refractivity contribution in [1.29, 1.82) is 0 Å². The molecule has 4 nitrogen and oxygen atoms in total. The van der Waals surface area contributed by atoms with Gasteiger partial charge in [0.1, 0.15) is 0 Å². The van der Waals surface area contributed by atoms with Gasteiger partial charge < -0.3 is 14.5 Å². The van der Waals surface area contributed by atoms with E-state index in [-0.39, 0.29) is 5.97 Å². The highest BCUT2D eigenvalue weighted by molar-refractivity contribution is 5.69. The smallest absolute Gasteiger partial charge is 0.306 e. The summed E-state index contributed by atoms with van der Waals surface area (Å²) in [5.41, 5.74) is 0. The van der Waals surface area contributed by atoms with E-state index < -0.39 is 0 Å². The second-order valence-electron chi connectivity index (χ2n) is 3.47. The normalized spacial score (nSPS) is 17.9. The zero-order valence-electron chi connectivity index (χ0n) is 10.5. The minimum absolute atomic E-state index is 0.112. The highest BCUT2D eigenvalue weighted by Crippen LogP contribution is 2.00. The van der Waals surface area contributed by atoms with Crippen LogP contribution in [0.5, 0.6) is 0 Å². The molecule has 1 aliphatic heterocycles. The molecule has 0 aliphatic carbocycles. The van der Waals surface area contributed by atoms with Crippen LogP contribution in [0.15, 0.2) is 0 Å². The molecular formula is C11H24N2O2. The molecule has 0 unspecified atom stereocenters. The fourth-order valence-corrected chi connectivity index (χ4v) is 1.42. The van der Waals surface area contributed by atoms with E-state index in [9.17, 15) is 4.79 Å². The van der Waals surface area contributed by atoms with Crippen LogP contribution in [-0.4, -0.2) is 62.7 Å². The number of likely N-dealkylation sites (N-methyl/N-ethyl adjacent to an activating group) is 1. The first kappa shape index (κ1) is 14.4. The van der Waals surface area contributed by atoms with Crippen molar-refractivity contribution in [3.63, 3.8) is 0 Å². The molecule has 15 heavy (non-hydrogen) atoms. The van der Waals surface area contributed by atoms with Gasteiger partial charge in [-0.15, -0.1) is 0 Å². The largest absolute Gasteiger partial charge is 0.469 e. The Bertz CT molecular complexity index is 166. The third-order valence-electron chi connectivity index (χ3n) is 2.46. The maximum atomic E-state index is 10.9. The van der Waals surface area contributed by atoms with E-state index in [2.05, 4.69) is 21.6 Å². The Morgan fingerprint density at radius 1 is 1.20 bits per heavy atom. The number of ether oxygens (including phenoxy) is 1. The lowest BCUT2D eigenvalue weighted by atomic mass is 10.3. The van der Waals surface area contributed by atoms with E-state index in [1.165, 1.54) is 7.11 Å². The van der Waals surface area contributed by atoms with E-state index in [1.807, 2.05) is 13.8 Å². The molecule has 0 saturated carbocycles. The average Bonchev–Trinajstić information content (AvgIpc) is 2.30. The molecule has 90 valence electrons. The molecule has 0 aromatic rings. The lowest BCUT2D eigenvalue weighted by molar-refractivity contribution is -0.141. The molecule has 0 aromatic heterocycles. The second kappa shape index (κ2) is 8.68. The lowest BCUT2D eigenvalue weighted by Crippen LogP contribution is -2.45. The van der Waals surface area contributed by atoms with Gasteiger partial charge in [-0.3, -0.25) is 4.79 Å². The van der Waals surface area contributed by atoms with Gasteiger partial charge in [0.2, 0.25) is 0 Å². The van der Waals surface area contributed by atoms with Crippen LogP contribution < -0.4 is 0 Å². The molecule has 4 heteroatoms. The van der Waals surface area contributed by atoms with Gasteiger partial charge in [0, 0.05) is 32.7 Å². The summed E-state index contributed by atoms with van der Waals surface area (Å²) < 4.78 is 4.59. The minimum Gasteiger partial charge on any atom is -0.469 e. The average molecular weight is 216 g/mol. The first-order valence-corrected chi connectivity index (χ1v) is 5.70. The maximum Gasteiger partial charge on any atom is 0.306 e. The van der Waals surface area contributed by atoms with Crippen molar-refractivity contribution in [3.05, 3.63) is 0 Å². The number of nitrogens with zero attached hydrogens (tertiary/aromatic N) is 2. The quantitative estimate of drug-likeness (QED) is 0.654. The van der Waals surface area contributed by atoms with E-state index in [0.29, 0.717) is 6.42 Å². The lowest BCUT2D eigenvalue weighted by Gasteiger charge is -2.31. The predicted octanol–water partition coefficient (Wildman–Crippen LogP) is 0.823. The molecule has 0 bridgehead atoms. The number of rotatable bonds is 3. The number of hydrogen-bond donors (Lipinski definition) is 0.